The second kappa shape index (κ2) is 8.58. The number of sulfonamides is 1. The average molecular weight is 511 g/mol. The van der Waals surface area contributed by atoms with Crippen LogP contribution in [0, 0.1) is 6.92 Å². The summed E-state index contributed by atoms with van der Waals surface area (Å²) in [6.07, 6.45) is -1.89. The van der Waals surface area contributed by atoms with Crippen LogP contribution in [0.4, 0.5) is 14.6 Å². The minimum Gasteiger partial charge on any atom is -0.268 e. The second-order valence-electron chi connectivity index (χ2n) is 8.18. The highest BCUT2D eigenvalue weighted by Gasteiger charge is 2.25. The Kier molecular flexibility index (Phi) is 6.06. The van der Waals surface area contributed by atoms with Crippen LogP contribution >= 0.6 is 11.6 Å². The molecule has 3 heterocycles. The topological polar surface area (TPSA) is 112 Å². The van der Waals surface area contributed by atoms with Gasteiger partial charge in [-0.2, -0.15) is 5.10 Å². The summed E-state index contributed by atoms with van der Waals surface area (Å²) in [6.45, 7) is 4.60. The minimum absolute atomic E-state index is 0.0733. The summed E-state index contributed by atoms with van der Waals surface area (Å²) in [5.41, 5.74) is 0.775. The summed E-state index contributed by atoms with van der Waals surface area (Å²) in [7, 11) is -3.80. The molecule has 0 unspecified atom stereocenters. The number of hydrogen-bond acceptors (Lipinski definition) is 6. The number of fused-ring (bicyclic) bond motifs is 2. The van der Waals surface area contributed by atoms with E-state index < -0.39 is 28.6 Å². The zero-order valence-corrected chi connectivity index (χ0v) is 20.2. The molecule has 1 aromatic carbocycles. The number of halogens is 3. The van der Waals surface area contributed by atoms with Gasteiger partial charge in [0.2, 0.25) is 10.0 Å². The smallest absolute Gasteiger partial charge is 0.267 e. The maximum absolute atomic E-state index is 13.6. The van der Waals surface area contributed by atoms with Gasteiger partial charge in [0.1, 0.15) is 12.4 Å². The average Bonchev–Trinajstić information content (AvgIpc) is 3.04. The Hall–Kier alpha value is -3.12. The van der Waals surface area contributed by atoms with Crippen molar-refractivity contribution in [3.05, 3.63) is 51.2 Å². The van der Waals surface area contributed by atoms with Gasteiger partial charge in [0.25, 0.3) is 12.0 Å². The van der Waals surface area contributed by atoms with E-state index in [2.05, 4.69) is 19.8 Å². The standard InChI is InChI=1S/C21H21ClF2N6O3S/c1-10(2)20-26-18-12(6-5-11(3)25-18)21(31)30(20)14-8-7-13(22)16-17(14)29(9-15(23)24)27-19(16)28-34(4,32)33/h5-8,10,15H,9H2,1-4H3,(H,27,28). The third kappa shape index (κ3) is 4.34. The maximum atomic E-state index is 13.6. The summed E-state index contributed by atoms with van der Waals surface area (Å²) in [4.78, 5) is 22.6. The number of nitrogens with one attached hydrogen (secondary N) is 1. The normalized spacial score (nSPS) is 12.4. The highest BCUT2D eigenvalue weighted by Crippen LogP contribution is 2.36. The number of rotatable bonds is 6. The summed E-state index contributed by atoms with van der Waals surface area (Å²) in [6, 6.07) is 6.24. The zero-order chi connectivity index (χ0) is 24.9. The molecule has 0 bridgehead atoms. The highest BCUT2D eigenvalue weighted by atomic mass is 35.5. The monoisotopic (exact) mass is 510 g/mol. The van der Waals surface area contributed by atoms with Crippen LogP contribution in [0.3, 0.4) is 0 Å². The zero-order valence-electron chi connectivity index (χ0n) is 18.7. The number of hydrogen-bond donors (Lipinski definition) is 1. The fourth-order valence-electron chi connectivity index (χ4n) is 3.75. The summed E-state index contributed by atoms with van der Waals surface area (Å²) in [5, 5.41) is 4.47. The molecule has 0 saturated heterocycles. The van der Waals surface area contributed by atoms with Crippen LogP contribution in [-0.2, 0) is 16.6 Å². The van der Waals surface area contributed by atoms with Gasteiger partial charge in [0, 0.05) is 11.6 Å². The number of alkyl halides is 2. The molecule has 0 spiro atoms. The van der Waals surface area contributed by atoms with Crippen molar-refractivity contribution in [2.24, 2.45) is 0 Å². The molecule has 0 saturated carbocycles. The van der Waals surface area contributed by atoms with Crippen LogP contribution in [0.1, 0.15) is 31.3 Å². The van der Waals surface area contributed by atoms with Crippen LogP contribution in [0.5, 0.6) is 0 Å². The van der Waals surface area contributed by atoms with Gasteiger partial charge < -0.3 is 0 Å². The Bertz CT molecular complexity index is 1600. The maximum Gasteiger partial charge on any atom is 0.267 e. The van der Waals surface area contributed by atoms with Gasteiger partial charge in [-0.15, -0.1) is 0 Å². The molecule has 0 fully saturated rings. The summed E-state index contributed by atoms with van der Waals surface area (Å²) in [5.74, 6) is -0.109. The van der Waals surface area contributed by atoms with E-state index >= 15 is 0 Å². The molecular formula is C21H21ClF2N6O3S. The first-order valence-corrected chi connectivity index (χ1v) is 12.5. The van der Waals surface area contributed by atoms with Gasteiger partial charge in [-0.1, -0.05) is 25.4 Å². The Morgan fingerprint density at radius 1 is 1.15 bits per heavy atom. The molecular weight excluding hydrogens is 490 g/mol. The Balaban J connectivity index is 2.16. The molecule has 180 valence electrons. The molecule has 34 heavy (non-hydrogen) atoms. The molecule has 1 N–H and O–H groups in total. The van der Waals surface area contributed by atoms with Crippen molar-refractivity contribution in [1.29, 1.82) is 0 Å². The largest absolute Gasteiger partial charge is 0.268 e. The first-order valence-electron chi connectivity index (χ1n) is 10.2. The third-order valence-electron chi connectivity index (χ3n) is 5.07. The molecule has 3 aromatic heterocycles. The first kappa shape index (κ1) is 24.0. The Morgan fingerprint density at radius 3 is 2.47 bits per heavy atom. The quantitative estimate of drug-likeness (QED) is 0.421. The van der Waals surface area contributed by atoms with Crippen LogP contribution in [0.15, 0.2) is 29.1 Å². The molecule has 4 aromatic rings. The molecule has 13 heteroatoms. The summed E-state index contributed by atoms with van der Waals surface area (Å²) < 4.78 is 55.1. The number of anilines is 1. The van der Waals surface area contributed by atoms with Crippen molar-refractivity contribution in [1.82, 2.24) is 24.3 Å². The van der Waals surface area contributed by atoms with Crippen LogP contribution in [0.2, 0.25) is 5.02 Å². The fraction of sp³-hybridized carbons (Fsp3) is 0.333. The third-order valence-corrected chi connectivity index (χ3v) is 5.95. The Morgan fingerprint density at radius 2 is 1.85 bits per heavy atom. The van der Waals surface area contributed by atoms with E-state index in [0.29, 0.717) is 11.5 Å². The van der Waals surface area contributed by atoms with E-state index in [1.54, 1.807) is 19.1 Å². The van der Waals surface area contributed by atoms with E-state index in [0.717, 1.165) is 10.9 Å². The van der Waals surface area contributed by atoms with Gasteiger partial charge >= 0.3 is 0 Å². The van der Waals surface area contributed by atoms with Crippen molar-refractivity contribution < 1.29 is 17.2 Å². The van der Waals surface area contributed by atoms with Gasteiger partial charge in [-0.05, 0) is 31.2 Å². The van der Waals surface area contributed by atoms with Gasteiger partial charge in [0.05, 0.1) is 33.3 Å². The van der Waals surface area contributed by atoms with Crippen molar-refractivity contribution in [3.8, 4) is 5.69 Å². The van der Waals surface area contributed by atoms with Gasteiger partial charge in [0.15, 0.2) is 11.5 Å². The number of pyridine rings is 1. The second-order valence-corrected chi connectivity index (χ2v) is 10.3. The lowest BCUT2D eigenvalue weighted by molar-refractivity contribution is 0.123. The van der Waals surface area contributed by atoms with Gasteiger partial charge in [-0.25, -0.2) is 27.2 Å². The molecule has 4 rings (SSSR count). The predicted octanol–water partition coefficient (Wildman–Crippen LogP) is 3.85. The van der Waals surface area contributed by atoms with Crippen molar-refractivity contribution >= 4 is 49.4 Å². The van der Waals surface area contributed by atoms with Crippen molar-refractivity contribution in [3.63, 3.8) is 0 Å². The van der Waals surface area contributed by atoms with E-state index in [4.69, 9.17) is 11.6 Å². The lowest BCUT2D eigenvalue weighted by Crippen LogP contribution is -2.26. The number of benzene rings is 1. The number of aryl methyl sites for hydroxylation is 1. The minimum atomic E-state index is -3.80. The van der Waals surface area contributed by atoms with E-state index in [-0.39, 0.29) is 44.4 Å². The first-order chi connectivity index (χ1) is 15.9. The highest BCUT2D eigenvalue weighted by molar-refractivity contribution is 7.92. The lowest BCUT2D eigenvalue weighted by atomic mass is 10.1. The van der Waals surface area contributed by atoms with E-state index in [1.807, 2.05) is 13.8 Å². The molecule has 0 aliphatic heterocycles. The van der Waals surface area contributed by atoms with E-state index in [9.17, 15) is 22.0 Å². The molecule has 0 radical (unpaired) electrons. The lowest BCUT2D eigenvalue weighted by Gasteiger charge is -2.18. The predicted molar refractivity (Wildman–Crippen MR) is 127 cm³/mol. The number of nitrogens with zero attached hydrogens (tertiary/aromatic N) is 5. The SMILES string of the molecule is Cc1ccc2c(=O)n(-c3ccc(Cl)c4c(NS(C)(=O)=O)nn(CC(F)F)c34)c(C(C)C)nc2n1. The van der Waals surface area contributed by atoms with Crippen molar-refractivity contribution in [2.45, 2.75) is 39.7 Å². The molecule has 0 aliphatic rings. The molecule has 0 aliphatic carbocycles. The summed E-state index contributed by atoms with van der Waals surface area (Å²) >= 11 is 6.37. The molecule has 0 amide bonds. The fourth-order valence-corrected chi connectivity index (χ4v) is 4.49. The number of aromatic nitrogens is 5. The van der Waals surface area contributed by atoms with Gasteiger partial charge in [-0.3, -0.25) is 18.8 Å². The van der Waals surface area contributed by atoms with Crippen molar-refractivity contribution in [2.75, 3.05) is 11.0 Å². The van der Waals surface area contributed by atoms with Crippen LogP contribution in [-0.4, -0.2) is 45.4 Å². The van der Waals surface area contributed by atoms with Crippen LogP contribution < -0.4 is 10.3 Å². The van der Waals surface area contributed by atoms with Crippen LogP contribution in [0.25, 0.3) is 27.6 Å². The molecule has 9 nitrogen and oxygen atoms in total. The molecule has 0 atom stereocenters. The Labute approximate surface area is 198 Å². The van der Waals surface area contributed by atoms with E-state index in [1.165, 1.54) is 16.7 Å².